The molecule has 15 heavy (non-hydrogen) atoms. The van der Waals surface area contributed by atoms with E-state index in [1.807, 2.05) is 0 Å². The highest BCUT2D eigenvalue weighted by Crippen LogP contribution is 2.21. The van der Waals surface area contributed by atoms with Crippen LogP contribution in [0, 0.1) is 5.82 Å². The van der Waals surface area contributed by atoms with Crippen molar-refractivity contribution in [3.8, 4) is 0 Å². The van der Waals surface area contributed by atoms with Crippen molar-refractivity contribution in [2.75, 3.05) is 0 Å². The van der Waals surface area contributed by atoms with Crippen molar-refractivity contribution in [2.45, 2.75) is 0 Å². The van der Waals surface area contributed by atoms with Gasteiger partial charge in [0.15, 0.2) is 0 Å². The van der Waals surface area contributed by atoms with Gasteiger partial charge in [0.05, 0.1) is 17.4 Å². The highest BCUT2D eigenvalue weighted by atomic mass is 35.5. The zero-order valence-electron chi connectivity index (χ0n) is 7.54. The minimum absolute atomic E-state index is 0.0131. The fraction of sp³-hybridized carbons (Fsp3) is 0. The molecule has 0 atom stereocenters. The van der Waals surface area contributed by atoms with Crippen molar-refractivity contribution >= 4 is 17.4 Å². The molecule has 0 radical (unpaired) electrons. The second kappa shape index (κ2) is 3.87. The molecule has 0 saturated heterocycles. The first-order valence-corrected chi connectivity index (χ1v) is 4.60. The first-order chi connectivity index (χ1) is 7.20. The Morgan fingerprint density at radius 3 is 2.53 bits per heavy atom. The molecule has 76 valence electrons. The molecule has 0 unspecified atom stereocenters. The van der Waals surface area contributed by atoms with Gasteiger partial charge in [0.25, 0.3) is 0 Å². The number of hydrogen-bond acceptors (Lipinski definition) is 2. The van der Waals surface area contributed by atoms with E-state index in [9.17, 15) is 9.18 Å². The molecule has 0 saturated carbocycles. The minimum Gasteiger partial charge on any atom is -0.452 e. The summed E-state index contributed by atoms with van der Waals surface area (Å²) in [6.45, 7) is 0. The highest BCUT2D eigenvalue weighted by Gasteiger charge is 2.17. The molecular weight excluding hydrogens is 219 g/mol. The standard InChI is InChI=1S/C11H6ClFO2/c12-11-8(5-6-15-11)10(14)7-3-1-2-4-9(7)13/h1-6H. The van der Waals surface area contributed by atoms with Crippen LogP contribution in [0.2, 0.25) is 5.22 Å². The fourth-order valence-electron chi connectivity index (χ4n) is 1.25. The first kappa shape index (κ1) is 9.93. The van der Waals surface area contributed by atoms with Crippen molar-refractivity contribution < 1.29 is 13.6 Å². The van der Waals surface area contributed by atoms with Crippen LogP contribution in [0.4, 0.5) is 4.39 Å². The lowest BCUT2D eigenvalue weighted by Crippen LogP contribution is -2.03. The van der Waals surface area contributed by atoms with Crippen molar-refractivity contribution in [3.63, 3.8) is 0 Å². The smallest absolute Gasteiger partial charge is 0.204 e. The molecule has 0 fully saturated rings. The van der Waals surface area contributed by atoms with Gasteiger partial charge in [-0.1, -0.05) is 12.1 Å². The van der Waals surface area contributed by atoms with E-state index in [-0.39, 0.29) is 16.3 Å². The zero-order chi connectivity index (χ0) is 10.8. The summed E-state index contributed by atoms with van der Waals surface area (Å²) < 4.78 is 18.0. The molecular formula is C11H6ClFO2. The Morgan fingerprint density at radius 1 is 1.20 bits per heavy atom. The SMILES string of the molecule is O=C(c1ccccc1F)c1ccoc1Cl. The summed E-state index contributed by atoms with van der Waals surface area (Å²) >= 11 is 5.63. The van der Waals surface area contributed by atoms with Crippen LogP contribution in [0.15, 0.2) is 41.0 Å². The summed E-state index contributed by atoms with van der Waals surface area (Å²) in [7, 11) is 0. The van der Waals surface area contributed by atoms with E-state index in [4.69, 9.17) is 16.0 Å². The van der Waals surface area contributed by atoms with Crippen LogP contribution in [0.25, 0.3) is 0 Å². The lowest BCUT2D eigenvalue weighted by atomic mass is 10.1. The van der Waals surface area contributed by atoms with Gasteiger partial charge in [0, 0.05) is 0 Å². The maximum Gasteiger partial charge on any atom is 0.204 e. The van der Waals surface area contributed by atoms with E-state index in [2.05, 4.69) is 0 Å². The van der Waals surface area contributed by atoms with Gasteiger partial charge in [-0.15, -0.1) is 0 Å². The normalized spacial score (nSPS) is 10.3. The lowest BCUT2D eigenvalue weighted by molar-refractivity contribution is 0.103. The van der Waals surface area contributed by atoms with Gasteiger partial charge in [-0.3, -0.25) is 4.79 Å². The average Bonchev–Trinajstić information content (AvgIpc) is 2.64. The summed E-state index contributed by atoms with van der Waals surface area (Å²) in [6, 6.07) is 7.15. The zero-order valence-corrected chi connectivity index (χ0v) is 8.29. The molecule has 0 amide bonds. The van der Waals surface area contributed by atoms with E-state index in [0.29, 0.717) is 0 Å². The number of carbonyl (C=O) groups is 1. The number of furan rings is 1. The van der Waals surface area contributed by atoms with Gasteiger partial charge >= 0.3 is 0 Å². The van der Waals surface area contributed by atoms with E-state index >= 15 is 0 Å². The van der Waals surface area contributed by atoms with Crippen LogP contribution in [0.1, 0.15) is 15.9 Å². The summed E-state index contributed by atoms with van der Waals surface area (Å²) in [5, 5.41) is -0.0248. The molecule has 0 spiro atoms. The Balaban J connectivity index is 2.46. The van der Waals surface area contributed by atoms with Crippen molar-refractivity contribution in [2.24, 2.45) is 0 Å². The first-order valence-electron chi connectivity index (χ1n) is 4.22. The number of halogens is 2. The van der Waals surface area contributed by atoms with E-state index in [0.717, 1.165) is 0 Å². The Labute approximate surface area is 90.3 Å². The number of carbonyl (C=O) groups excluding carboxylic acids is 1. The molecule has 0 aliphatic carbocycles. The van der Waals surface area contributed by atoms with Crippen molar-refractivity contribution in [1.29, 1.82) is 0 Å². The number of benzene rings is 1. The van der Waals surface area contributed by atoms with Crippen LogP contribution in [0.5, 0.6) is 0 Å². The molecule has 1 aromatic carbocycles. The summed E-state index contributed by atoms with van der Waals surface area (Å²) in [5.74, 6) is -1.05. The van der Waals surface area contributed by atoms with Crippen LogP contribution in [-0.2, 0) is 0 Å². The van der Waals surface area contributed by atoms with Gasteiger partial charge in [-0.2, -0.15) is 0 Å². The maximum absolute atomic E-state index is 13.3. The molecule has 1 heterocycles. The van der Waals surface area contributed by atoms with Gasteiger partial charge in [-0.05, 0) is 29.8 Å². The molecule has 1 aromatic heterocycles. The largest absolute Gasteiger partial charge is 0.452 e. The molecule has 0 bridgehead atoms. The van der Waals surface area contributed by atoms with E-state index in [1.54, 1.807) is 6.07 Å². The van der Waals surface area contributed by atoms with Gasteiger partial charge < -0.3 is 4.42 Å². The van der Waals surface area contributed by atoms with Crippen molar-refractivity contribution in [1.82, 2.24) is 0 Å². The lowest BCUT2D eigenvalue weighted by Gasteiger charge is -1.99. The van der Waals surface area contributed by atoms with Crippen molar-refractivity contribution in [3.05, 3.63) is 58.8 Å². The number of hydrogen-bond donors (Lipinski definition) is 0. The summed E-state index contributed by atoms with van der Waals surface area (Å²) in [6.07, 6.45) is 1.29. The average molecular weight is 225 g/mol. The van der Waals surface area contributed by atoms with Gasteiger partial charge in [0.2, 0.25) is 11.0 Å². The Bertz CT molecular complexity index is 505. The summed E-state index contributed by atoms with van der Waals surface area (Å²) in [5.41, 5.74) is 0.155. The highest BCUT2D eigenvalue weighted by molar-refractivity contribution is 6.33. The van der Waals surface area contributed by atoms with Gasteiger partial charge in [0.1, 0.15) is 5.82 Å². The van der Waals surface area contributed by atoms with E-state index in [1.165, 1.54) is 30.5 Å². The molecule has 2 rings (SSSR count). The molecule has 0 N–H and O–H groups in total. The predicted octanol–water partition coefficient (Wildman–Crippen LogP) is 3.30. The maximum atomic E-state index is 13.3. The second-order valence-electron chi connectivity index (χ2n) is 2.92. The van der Waals surface area contributed by atoms with Crippen LogP contribution in [0.3, 0.4) is 0 Å². The molecule has 2 nitrogen and oxygen atoms in total. The quantitative estimate of drug-likeness (QED) is 0.733. The fourth-order valence-corrected chi connectivity index (χ4v) is 1.45. The van der Waals surface area contributed by atoms with Crippen LogP contribution in [-0.4, -0.2) is 5.78 Å². The number of rotatable bonds is 2. The second-order valence-corrected chi connectivity index (χ2v) is 3.26. The molecule has 2 aromatic rings. The topological polar surface area (TPSA) is 30.2 Å². The minimum atomic E-state index is -0.570. The predicted molar refractivity (Wildman–Crippen MR) is 53.6 cm³/mol. The third-order valence-corrected chi connectivity index (χ3v) is 2.27. The Kier molecular flexibility index (Phi) is 2.56. The molecule has 0 aliphatic rings. The Hall–Kier alpha value is -1.61. The number of ketones is 1. The third-order valence-electron chi connectivity index (χ3n) is 1.98. The van der Waals surface area contributed by atoms with Crippen LogP contribution < -0.4 is 0 Å². The van der Waals surface area contributed by atoms with Crippen LogP contribution >= 0.6 is 11.6 Å². The molecule has 0 aliphatic heterocycles. The summed E-state index contributed by atoms with van der Waals surface area (Å²) in [4.78, 5) is 11.8. The van der Waals surface area contributed by atoms with Gasteiger partial charge in [-0.25, -0.2) is 4.39 Å². The Morgan fingerprint density at radius 2 is 1.93 bits per heavy atom. The monoisotopic (exact) mass is 224 g/mol. The van der Waals surface area contributed by atoms with E-state index < -0.39 is 11.6 Å². The third kappa shape index (κ3) is 1.78. The molecule has 4 heteroatoms.